The summed E-state index contributed by atoms with van der Waals surface area (Å²) < 4.78 is 13.0. The molecule has 2 aromatic rings. The predicted molar refractivity (Wildman–Crippen MR) is 74.0 cm³/mol. The summed E-state index contributed by atoms with van der Waals surface area (Å²) in [4.78, 5) is 0. The Balaban J connectivity index is 1.82. The van der Waals surface area contributed by atoms with Crippen molar-refractivity contribution in [3.8, 4) is 0 Å². The molecule has 94 valence electrons. The third kappa shape index (κ3) is 3.86. The van der Waals surface area contributed by atoms with Gasteiger partial charge >= 0.3 is 0 Å². The predicted octanol–water partition coefficient (Wildman–Crippen LogP) is 3.79. The number of aliphatic hydroxyl groups is 1. The van der Waals surface area contributed by atoms with Gasteiger partial charge in [-0.1, -0.05) is 42.5 Å². The standard InChI is InChI=1S/C15H15FOS/c16-14-8-4-5-12(9-14)10-18-11-15(17)13-6-2-1-3-7-13/h1-9,15,17H,10-11H2. The average molecular weight is 262 g/mol. The molecule has 0 aliphatic heterocycles. The molecule has 0 saturated carbocycles. The van der Waals surface area contributed by atoms with E-state index in [9.17, 15) is 9.50 Å². The highest BCUT2D eigenvalue weighted by Crippen LogP contribution is 2.21. The first-order chi connectivity index (χ1) is 8.75. The lowest BCUT2D eigenvalue weighted by atomic mass is 10.1. The van der Waals surface area contributed by atoms with Crippen molar-refractivity contribution < 1.29 is 9.50 Å². The van der Waals surface area contributed by atoms with Crippen LogP contribution in [0.3, 0.4) is 0 Å². The molecule has 0 fully saturated rings. The lowest BCUT2D eigenvalue weighted by Crippen LogP contribution is -2.00. The van der Waals surface area contributed by atoms with Gasteiger partial charge in [-0.3, -0.25) is 0 Å². The van der Waals surface area contributed by atoms with Gasteiger partial charge in [0.25, 0.3) is 0 Å². The van der Waals surface area contributed by atoms with Crippen LogP contribution in [0.25, 0.3) is 0 Å². The monoisotopic (exact) mass is 262 g/mol. The van der Waals surface area contributed by atoms with Crippen LogP contribution in [0.1, 0.15) is 17.2 Å². The highest BCUT2D eigenvalue weighted by molar-refractivity contribution is 7.98. The summed E-state index contributed by atoms with van der Waals surface area (Å²) in [5, 5.41) is 9.96. The molecule has 0 radical (unpaired) electrons. The normalized spacial score (nSPS) is 12.3. The van der Waals surface area contributed by atoms with Crippen molar-refractivity contribution in [2.24, 2.45) is 0 Å². The van der Waals surface area contributed by atoms with Gasteiger partial charge in [-0.05, 0) is 23.3 Å². The van der Waals surface area contributed by atoms with Crippen LogP contribution in [-0.4, -0.2) is 10.9 Å². The first-order valence-corrected chi connectivity index (χ1v) is 6.96. The maximum Gasteiger partial charge on any atom is 0.123 e. The molecular formula is C15H15FOS. The number of rotatable bonds is 5. The van der Waals surface area contributed by atoms with Crippen LogP contribution in [0, 0.1) is 5.82 Å². The second-order valence-corrected chi connectivity index (χ2v) is 5.10. The van der Waals surface area contributed by atoms with E-state index in [0.717, 1.165) is 11.1 Å². The maximum atomic E-state index is 13.0. The van der Waals surface area contributed by atoms with E-state index in [1.54, 1.807) is 17.8 Å². The van der Waals surface area contributed by atoms with Gasteiger partial charge in [0.15, 0.2) is 0 Å². The Bertz CT molecular complexity index is 487. The number of benzene rings is 2. The van der Waals surface area contributed by atoms with Crippen molar-refractivity contribution >= 4 is 11.8 Å². The molecule has 0 bridgehead atoms. The van der Waals surface area contributed by atoms with Crippen LogP contribution in [-0.2, 0) is 5.75 Å². The smallest absolute Gasteiger partial charge is 0.123 e. The van der Waals surface area contributed by atoms with E-state index in [4.69, 9.17) is 0 Å². The molecule has 0 spiro atoms. The number of hydrogen-bond donors (Lipinski definition) is 1. The van der Waals surface area contributed by atoms with Crippen molar-refractivity contribution in [1.82, 2.24) is 0 Å². The Hall–Kier alpha value is -1.32. The van der Waals surface area contributed by atoms with E-state index in [1.165, 1.54) is 12.1 Å². The molecule has 1 N–H and O–H groups in total. The first-order valence-electron chi connectivity index (χ1n) is 5.81. The van der Waals surface area contributed by atoms with Crippen LogP contribution in [0.4, 0.5) is 4.39 Å². The summed E-state index contributed by atoms with van der Waals surface area (Å²) in [5.74, 6) is 1.11. The molecule has 18 heavy (non-hydrogen) atoms. The fourth-order valence-corrected chi connectivity index (χ4v) is 2.64. The van der Waals surface area contributed by atoms with Crippen LogP contribution in [0.2, 0.25) is 0 Å². The van der Waals surface area contributed by atoms with Crippen molar-refractivity contribution in [1.29, 1.82) is 0 Å². The Labute approximate surface area is 111 Å². The van der Waals surface area contributed by atoms with E-state index in [1.807, 2.05) is 36.4 Å². The van der Waals surface area contributed by atoms with Crippen molar-refractivity contribution in [2.75, 3.05) is 5.75 Å². The van der Waals surface area contributed by atoms with Crippen molar-refractivity contribution in [3.05, 3.63) is 71.5 Å². The summed E-state index contributed by atoms with van der Waals surface area (Å²) in [6.45, 7) is 0. The van der Waals surface area contributed by atoms with E-state index in [0.29, 0.717) is 11.5 Å². The van der Waals surface area contributed by atoms with Gasteiger partial charge in [0.1, 0.15) is 5.82 Å². The Morgan fingerprint density at radius 2 is 1.83 bits per heavy atom. The molecule has 0 heterocycles. The molecule has 0 aromatic heterocycles. The largest absolute Gasteiger partial charge is 0.388 e. The van der Waals surface area contributed by atoms with Gasteiger partial charge in [0.05, 0.1) is 6.10 Å². The van der Waals surface area contributed by atoms with E-state index in [2.05, 4.69) is 0 Å². The number of thioether (sulfide) groups is 1. The number of aliphatic hydroxyl groups excluding tert-OH is 1. The molecule has 1 nitrogen and oxygen atoms in total. The van der Waals surface area contributed by atoms with Gasteiger partial charge < -0.3 is 5.11 Å². The van der Waals surface area contributed by atoms with Gasteiger partial charge in [-0.25, -0.2) is 4.39 Å². The van der Waals surface area contributed by atoms with E-state index in [-0.39, 0.29) is 5.82 Å². The van der Waals surface area contributed by atoms with Crippen LogP contribution < -0.4 is 0 Å². The zero-order valence-corrected chi connectivity index (χ0v) is 10.7. The van der Waals surface area contributed by atoms with Gasteiger partial charge in [-0.2, -0.15) is 11.8 Å². The van der Waals surface area contributed by atoms with E-state index < -0.39 is 6.10 Å². The molecule has 0 amide bonds. The van der Waals surface area contributed by atoms with Crippen LogP contribution >= 0.6 is 11.8 Å². The van der Waals surface area contributed by atoms with E-state index >= 15 is 0 Å². The highest BCUT2D eigenvalue weighted by Gasteiger charge is 2.06. The summed E-state index contributed by atoms with van der Waals surface area (Å²) >= 11 is 1.60. The number of halogens is 1. The summed E-state index contributed by atoms with van der Waals surface area (Å²) in [7, 11) is 0. The quantitative estimate of drug-likeness (QED) is 0.884. The molecule has 2 aromatic carbocycles. The number of hydrogen-bond acceptors (Lipinski definition) is 2. The molecule has 0 aliphatic carbocycles. The second-order valence-electron chi connectivity index (χ2n) is 4.07. The highest BCUT2D eigenvalue weighted by atomic mass is 32.2. The fraction of sp³-hybridized carbons (Fsp3) is 0.200. The lowest BCUT2D eigenvalue weighted by molar-refractivity contribution is 0.204. The minimum Gasteiger partial charge on any atom is -0.388 e. The summed E-state index contributed by atoms with van der Waals surface area (Å²) in [6.07, 6.45) is -0.468. The van der Waals surface area contributed by atoms with Crippen LogP contribution in [0.5, 0.6) is 0 Å². The average Bonchev–Trinajstić information content (AvgIpc) is 2.40. The Kier molecular flexibility index (Phi) is 4.79. The molecule has 1 atom stereocenters. The van der Waals surface area contributed by atoms with Crippen molar-refractivity contribution in [2.45, 2.75) is 11.9 Å². The molecule has 1 unspecified atom stereocenters. The third-order valence-electron chi connectivity index (χ3n) is 2.62. The fourth-order valence-electron chi connectivity index (χ4n) is 1.69. The maximum absolute atomic E-state index is 13.0. The Morgan fingerprint density at radius 1 is 1.06 bits per heavy atom. The summed E-state index contributed by atoms with van der Waals surface area (Å²) in [5.41, 5.74) is 1.87. The SMILES string of the molecule is OC(CSCc1cccc(F)c1)c1ccccc1. The zero-order valence-electron chi connectivity index (χ0n) is 9.92. The zero-order chi connectivity index (χ0) is 12.8. The second kappa shape index (κ2) is 6.57. The molecule has 0 saturated heterocycles. The summed E-state index contributed by atoms with van der Waals surface area (Å²) in [6, 6.07) is 16.1. The molecule has 0 aliphatic rings. The topological polar surface area (TPSA) is 20.2 Å². The third-order valence-corrected chi connectivity index (χ3v) is 3.71. The minimum absolute atomic E-state index is 0.211. The minimum atomic E-state index is -0.468. The van der Waals surface area contributed by atoms with Crippen molar-refractivity contribution in [3.63, 3.8) is 0 Å². The van der Waals surface area contributed by atoms with Gasteiger partial charge in [-0.15, -0.1) is 0 Å². The Morgan fingerprint density at radius 3 is 2.56 bits per heavy atom. The lowest BCUT2D eigenvalue weighted by Gasteiger charge is -2.10. The van der Waals surface area contributed by atoms with Crippen LogP contribution in [0.15, 0.2) is 54.6 Å². The van der Waals surface area contributed by atoms with Gasteiger partial charge in [0, 0.05) is 11.5 Å². The molecule has 3 heteroatoms. The molecule has 2 rings (SSSR count). The molecular weight excluding hydrogens is 247 g/mol. The first kappa shape index (κ1) is 13.1. The van der Waals surface area contributed by atoms with Gasteiger partial charge in [0.2, 0.25) is 0 Å².